The van der Waals surface area contributed by atoms with Crippen LogP contribution in [0.15, 0.2) is 18.2 Å². The maximum atomic E-state index is 12.8. The Balaban J connectivity index is 0.000000906. The van der Waals surface area contributed by atoms with Crippen LogP contribution in [0, 0.1) is 5.92 Å². The van der Waals surface area contributed by atoms with Gasteiger partial charge in [-0.05, 0) is 50.0 Å². The molecule has 3 aliphatic heterocycles. The standard InChI is InChI=1S/C18H25N5O2.CH2O.CH4/c1-25-9-6-19-13-2-3-15-14(10-13)17(22-21-15)18(24)20-16-11-23-7-4-12(16)5-8-23;1-2;/h2-3,10,12,16,19H,4-9,11H2,1H3,(H,20,24)(H,21,22);1H2;1H4/t16-;;/m0../s1. The molecule has 4 heterocycles. The fourth-order valence-electron chi connectivity index (χ4n) is 3.96. The number of rotatable bonds is 6. The van der Waals surface area contributed by atoms with Gasteiger partial charge in [-0.1, -0.05) is 7.43 Å². The van der Waals surface area contributed by atoms with Gasteiger partial charge in [0.1, 0.15) is 6.79 Å². The molecule has 5 rings (SSSR count). The molecule has 3 fully saturated rings. The highest BCUT2D eigenvalue weighted by Crippen LogP contribution is 2.28. The van der Waals surface area contributed by atoms with Crippen LogP contribution in [-0.2, 0) is 9.53 Å². The quantitative estimate of drug-likeness (QED) is 0.653. The van der Waals surface area contributed by atoms with E-state index in [1.54, 1.807) is 7.11 Å². The number of aromatic amines is 1. The lowest BCUT2D eigenvalue weighted by Gasteiger charge is -2.44. The van der Waals surface area contributed by atoms with E-state index in [2.05, 4.69) is 25.7 Å². The average Bonchev–Trinajstić information content (AvgIpc) is 3.14. The van der Waals surface area contributed by atoms with Gasteiger partial charge in [-0.3, -0.25) is 9.89 Å². The van der Waals surface area contributed by atoms with Crippen LogP contribution in [0.1, 0.15) is 30.8 Å². The van der Waals surface area contributed by atoms with Crippen molar-refractivity contribution in [2.75, 3.05) is 45.2 Å². The van der Waals surface area contributed by atoms with E-state index >= 15 is 0 Å². The summed E-state index contributed by atoms with van der Waals surface area (Å²) in [6.07, 6.45) is 2.36. The summed E-state index contributed by atoms with van der Waals surface area (Å²) >= 11 is 0. The minimum Gasteiger partial charge on any atom is -0.383 e. The van der Waals surface area contributed by atoms with Gasteiger partial charge >= 0.3 is 0 Å². The van der Waals surface area contributed by atoms with Crippen LogP contribution in [0.25, 0.3) is 10.9 Å². The molecule has 1 aromatic carbocycles. The molecule has 3 aliphatic rings. The summed E-state index contributed by atoms with van der Waals surface area (Å²) in [6, 6.07) is 6.14. The number of nitrogens with zero attached hydrogens (tertiary/aromatic N) is 2. The van der Waals surface area contributed by atoms with E-state index < -0.39 is 0 Å². The van der Waals surface area contributed by atoms with Gasteiger partial charge in [0.15, 0.2) is 5.69 Å². The second kappa shape index (κ2) is 10.2. The Morgan fingerprint density at radius 3 is 2.75 bits per heavy atom. The van der Waals surface area contributed by atoms with Crippen molar-refractivity contribution in [3.63, 3.8) is 0 Å². The van der Waals surface area contributed by atoms with E-state index in [9.17, 15) is 4.79 Å². The number of aromatic nitrogens is 2. The maximum Gasteiger partial charge on any atom is 0.272 e. The molecule has 1 atom stereocenters. The largest absolute Gasteiger partial charge is 0.383 e. The smallest absolute Gasteiger partial charge is 0.272 e. The average molecular weight is 390 g/mol. The Morgan fingerprint density at radius 1 is 1.36 bits per heavy atom. The summed E-state index contributed by atoms with van der Waals surface area (Å²) < 4.78 is 5.06. The first kappa shape index (κ1) is 21.8. The summed E-state index contributed by atoms with van der Waals surface area (Å²) in [4.78, 5) is 23.2. The molecule has 1 aromatic heterocycles. The van der Waals surface area contributed by atoms with E-state index in [1.165, 1.54) is 25.9 Å². The van der Waals surface area contributed by atoms with Crippen LogP contribution in [0.4, 0.5) is 5.69 Å². The van der Waals surface area contributed by atoms with Crippen molar-refractivity contribution < 1.29 is 14.3 Å². The number of anilines is 1. The highest BCUT2D eigenvalue weighted by atomic mass is 16.5. The SMILES string of the molecule is C.C=O.COCCNc1ccc2[nH]nc(C(=O)N[C@H]3CN4CCC3CC4)c2c1. The van der Waals surface area contributed by atoms with Crippen molar-refractivity contribution in [3.8, 4) is 0 Å². The summed E-state index contributed by atoms with van der Waals surface area (Å²) in [7, 11) is 1.68. The van der Waals surface area contributed by atoms with E-state index in [-0.39, 0.29) is 19.4 Å². The fourth-order valence-corrected chi connectivity index (χ4v) is 3.96. The van der Waals surface area contributed by atoms with Crippen LogP contribution < -0.4 is 10.6 Å². The number of amides is 1. The highest BCUT2D eigenvalue weighted by Gasteiger charge is 2.35. The Morgan fingerprint density at radius 2 is 2.11 bits per heavy atom. The van der Waals surface area contributed by atoms with Gasteiger partial charge in [-0.25, -0.2) is 0 Å². The molecule has 0 unspecified atom stereocenters. The van der Waals surface area contributed by atoms with Crippen molar-refractivity contribution in [1.82, 2.24) is 20.4 Å². The molecule has 2 bridgehead atoms. The number of fused-ring (bicyclic) bond motifs is 4. The van der Waals surface area contributed by atoms with Crippen LogP contribution in [0.3, 0.4) is 0 Å². The number of nitrogens with one attached hydrogen (secondary N) is 3. The molecule has 28 heavy (non-hydrogen) atoms. The van der Waals surface area contributed by atoms with Crippen molar-refractivity contribution in [2.45, 2.75) is 26.3 Å². The number of piperidine rings is 3. The number of H-pyrrole nitrogens is 1. The number of hydrogen-bond donors (Lipinski definition) is 3. The molecule has 0 saturated carbocycles. The van der Waals surface area contributed by atoms with Crippen LogP contribution >= 0.6 is 0 Å². The third-order valence-corrected chi connectivity index (χ3v) is 5.39. The molecule has 8 heteroatoms. The second-order valence-electron chi connectivity index (χ2n) is 6.97. The zero-order valence-corrected chi connectivity index (χ0v) is 15.7. The van der Waals surface area contributed by atoms with Gasteiger partial charge in [0.2, 0.25) is 0 Å². The first-order valence-electron chi connectivity index (χ1n) is 9.27. The van der Waals surface area contributed by atoms with Crippen molar-refractivity contribution in [2.24, 2.45) is 5.92 Å². The van der Waals surface area contributed by atoms with Gasteiger partial charge in [0.25, 0.3) is 5.91 Å². The minimum absolute atomic E-state index is 0. The molecule has 0 spiro atoms. The molecule has 0 aliphatic carbocycles. The Bertz CT molecular complexity index is 770. The predicted octanol–water partition coefficient (Wildman–Crippen LogP) is 1.90. The predicted molar refractivity (Wildman–Crippen MR) is 111 cm³/mol. The molecule has 8 nitrogen and oxygen atoms in total. The van der Waals surface area contributed by atoms with E-state index in [0.717, 1.165) is 29.7 Å². The summed E-state index contributed by atoms with van der Waals surface area (Å²) in [5, 5.41) is 14.6. The van der Waals surface area contributed by atoms with E-state index in [4.69, 9.17) is 9.53 Å². The zero-order chi connectivity index (χ0) is 19.2. The number of carbonyl (C=O) groups excluding carboxylic acids is 2. The lowest BCUT2D eigenvalue weighted by atomic mass is 9.84. The lowest BCUT2D eigenvalue weighted by molar-refractivity contribution is -0.0980. The molecular weight excluding hydrogens is 358 g/mol. The van der Waals surface area contributed by atoms with Gasteiger partial charge < -0.3 is 25.1 Å². The van der Waals surface area contributed by atoms with Crippen LogP contribution in [0.2, 0.25) is 0 Å². The number of carbonyl (C=O) groups is 2. The lowest BCUT2D eigenvalue weighted by Crippen LogP contribution is -2.57. The minimum atomic E-state index is -0.0842. The van der Waals surface area contributed by atoms with Crippen molar-refractivity contribution in [3.05, 3.63) is 23.9 Å². The van der Waals surface area contributed by atoms with Crippen molar-refractivity contribution >= 4 is 29.3 Å². The molecule has 1 amide bonds. The highest BCUT2D eigenvalue weighted by molar-refractivity contribution is 6.05. The molecule has 0 radical (unpaired) electrons. The fraction of sp³-hybridized carbons (Fsp3) is 0.550. The third kappa shape index (κ3) is 4.69. The molecular formula is C20H31N5O3. The molecule has 2 aromatic rings. The van der Waals surface area contributed by atoms with Crippen LogP contribution in [0.5, 0.6) is 0 Å². The summed E-state index contributed by atoms with van der Waals surface area (Å²) in [5.74, 6) is 0.518. The summed E-state index contributed by atoms with van der Waals surface area (Å²) in [5.41, 5.74) is 2.31. The van der Waals surface area contributed by atoms with Gasteiger partial charge in [0, 0.05) is 37.3 Å². The van der Waals surface area contributed by atoms with E-state index in [1.807, 2.05) is 25.0 Å². The first-order valence-corrected chi connectivity index (χ1v) is 9.27. The summed E-state index contributed by atoms with van der Waals surface area (Å²) in [6.45, 7) is 6.65. The van der Waals surface area contributed by atoms with Crippen molar-refractivity contribution in [1.29, 1.82) is 0 Å². The third-order valence-electron chi connectivity index (χ3n) is 5.39. The number of methoxy groups -OCH3 is 1. The van der Waals surface area contributed by atoms with E-state index in [0.29, 0.717) is 18.2 Å². The number of ether oxygens (including phenoxy) is 1. The van der Waals surface area contributed by atoms with Gasteiger partial charge in [0.05, 0.1) is 12.1 Å². The molecule has 3 saturated heterocycles. The zero-order valence-electron chi connectivity index (χ0n) is 15.7. The second-order valence-corrected chi connectivity index (χ2v) is 6.97. The number of benzene rings is 1. The molecule has 3 N–H and O–H groups in total. The number of hydrogen-bond acceptors (Lipinski definition) is 6. The van der Waals surface area contributed by atoms with Gasteiger partial charge in [-0.2, -0.15) is 5.10 Å². The normalized spacial score (nSPS) is 22.7. The van der Waals surface area contributed by atoms with Crippen LogP contribution in [-0.4, -0.2) is 73.7 Å². The van der Waals surface area contributed by atoms with Gasteiger partial charge in [-0.15, -0.1) is 0 Å². The Labute approximate surface area is 166 Å². The first-order chi connectivity index (χ1) is 13.2. The Kier molecular flexibility index (Phi) is 7.95. The Hall–Kier alpha value is -2.45. The topological polar surface area (TPSA) is 99.3 Å². The monoisotopic (exact) mass is 389 g/mol. The molecule has 154 valence electrons. The maximum absolute atomic E-state index is 12.8.